The normalized spacial score (nSPS) is 10.9. The molecule has 7 nitrogen and oxygen atoms in total. The van der Waals surface area contributed by atoms with E-state index >= 15 is 0 Å². The van der Waals surface area contributed by atoms with Crippen LogP contribution in [-0.4, -0.2) is 55.8 Å². The van der Waals surface area contributed by atoms with Crippen LogP contribution < -0.4 is 14.8 Å². The molecule has 0 radical (unpaired) electrons. The summed E-state index contributed by atoms with van der Waals surface area (Å²) in [5, 5.41) is 4.09. The van der Waals surface area contributed by atoms with Crippen LogP contribution in [0.2, 0.25) is 0 Å². The molecule has 0 aliphatic rings. The van der Waals surface area contributed by atoms with Gasteiger partial charge in [0.2, 0.25) is 5.13 Å². The van der Waals surface area contributed by atoms with Crippen molar-refractivity contribution in [1.82, 2.24) is 14.3 Å². The highest BCUT2D eigenvalue weighted by atomic mass is 32.1. The van der Waals surface area contributed by atoms with E-state index in [1.54, 1.807) is 21.3 Å². The Morgan fingerprint density at radius 1 is 1.21 bits per heavy atom. The number of likely N-dealkylation sites (N-methyl/N-ethyl adjacent to an activating group) is 1. The minimum Gasteiger partial charge on any atom is -0.497 e. The first-order chi connectivity index (χ1) is 11.7. The van der Waals surface area contributed by atoms with Crippen molar-refractivity contribution in [3.8, 4) is 11.5 Å². The minimum atomic E-state index is 0.612. The standard InChI is InChI=1S/C16H24N4O3S/c1-20(7-8-21-2)11-15-18-16(24-19-15)17-10-12-5-6-13(22-3)9-14(12)23-4/h5-6,9H,7-8,10-11H2,1-4H3,(H,17,18,19). The molecular formula is C16H24N4O3S. The third kappa shape index (κ3) is 5.33. The van der Waals surface area contributed by atoms with Gasteiger partial charge in [-0.15, -0.1) is 0 Å². The van der Waals surface area contributed by atoms with Crippen molar-refractivity contribution in [2.45, 2.75) is 13.1 Å². The fraction of sp³-hybridized carbons (Fsp3) is 0.500. The van der Waals surface area contributed by atoms with E-state index in [0.717, 1.165) is 34.6 Å². The van der Waals surface area contributed by atoms with Crippen molar-refractivity contribution in [3.05, 3.63) is 29.6 Å². The lowest BCUT2D eigenvalue weighted by Crippen LogP contribution is -2.22. The van der Waals surface area contributed by atoms with Crippen molar-refractivity contribution >= 4 is 16.7 Å². The number of nitrogens with one attached hydrogen (secondary N) is 1. The molecule has 0 spiro atoms. The lowest BCUT2D eigenvalue weighted by Gasteiger charge is -2.13. The molecule has 2 rings (SSSR count). The van der Waals surface area contributed by atoms with Gasteiger partial charge in [0.25, 0.3) is 0 Å². The highest BCUT2D eigenvalue weighted by Gasteiger charge is 2.09. The fourth-order valence-electron chi connectivity index (χ4n) is 2.13. The van der Waals surface area contributed by atoms with Gasteiger partial charge >= 0.3 is 0 Å². The summed E-state index contributed by atoms with van der Waals surface area (Å²) < 4.78 is 20.1. The molecule has 1 aromatic carbocycles. The second-order valence-corrected chi connectivity index (χ2v) is 6.03. The van der Waals surface area contributed by atoms with Crippen molar-refractivity contribution in [2.24, 2.45) is 0 Å². The summed E-state index contributed by atoms with van der Waals surface area (Å²) in [5.41, 5.74) is 1.03. The second-order valence-electron chi connectivity index (χ2n) is 5.28. The zero-order chi connectivity index (χ0) is 17.4. The first-order valence-electron chi connectivity index (χ1n) is 7.61. The quantitative estimate of drug-likeness (QED) is 0.703. The minimum absolute atomic E-state index is 0.612. The maximum atomic E-state index is 5.40. The summed E-state index contributed by atoms with van der Waals surface area (Å²) in [7, 11) is 7.01. The van der Waals surface area contributed by atoms with Gasteiger partial charge in [0.1, 0.15) is 11.5 Å². The van der Waals surface area contributed by atoms with E-state index < -0.39 is 0 Å². The number of hydrogen-bond donors (Lipinski definition) is 1. The maximum Gasteiger partial charge on any atom is 0.202 e. The van der Waals surface area contributed by atoms with Crippen LogP contribution in [0.25, 0.3) is 0 Å². The number of aromatic nitrogens is 2. The van der Waals surface area contributed by atoms with E-state index in [-0.39, 0.29) is 0 Å². The van der Waals surface area contributed by atoms with Gasteiger partial charge in [-0.3, -0.25) is 4.90 Å². The summed E-state index contributed by atoms with van der Waals surface area (Å²) in [6.45, 7) is 2.86. The average molecular weight is 352 g/mol. The topological polar surface area (TPSA) is 68.7 Å². The zero-order valence-electron chi connectivity index (χ0n) is 14.5. The molecule has 0 saturated carbocycles. The van der Waals surface area contributed by atoms with Crippen LogP contribution in [-0.2, 0) is 17.8 Å². The van der Waals surface area contributed by atoms with Crippen molar-refractivity contribution in [2.75, 3.05) is 46.8 Å². The lowest BCUT2D eigenvalue weighted by atomic mass is 10.2. The summed E-state index contributed by atoms with van der Waals surface area (Å²) in [4.78, 5) is 6.64. The fourth-order valence-corrected chi connectivity index (χ4v) is 2.70. The predicted octanol–water partition coefficient (Wildman–Crippen LogP) is 2.25. The number of hydrogen-bond acceptors (Lipinski definition) is 8. The summed E-state index contributed by atoms with van der Waals surface area (Å²) in [6.07, 6.45) is 0. The van der Waals surface area contributed by atoms with Gasteiger partial charge < -0.3 is 19.5 Å². The van der Waals surface area contributed by atoms with E-state index in [2.05, 4.69) is 19.6 Å². The van der Waals surface area contributed by atoms with E-state index in [9.17, 15) is 0 Å². The van der Waals surface area contributed by atoms with E-state index in [1.165, 1.54) is 11.5 Å². The molecule has 0 aliphatic heterocycles. The first kappa shape index (κ1) is 18.4. The van der Waals surface area contributed by atoms with Gasteiger partial charge in [0.05, 0.1) is 27.4 Å². The van der Waals surface area contributed by atoms with Gasteiger partial charge in [-0.25, -0.2) is 4.98 Å². The van der Waals surface area contributed by atoms with Crippen LogP contribution in [0.15, 0.2) is 18.2 Å². The number of anilines is 1. The van der Waals surface area contributed by atoms with Gasteiger partial charge in [-0.05, 0) is 19.2 Å². The molecule has 0 aliphatic carbocycles. The second kappa shape index (κ2) is 9.41. The largest absolute Gasteiger partial charge is 0.497 e. The monoisotopic (exact) mass is 352 g/mol. The maximum absolute atomic E-state index is 5.40. The highest BCUT2D eigenvalue weighted by molar-refractivity contribution is 7.09. The number of rotatable bonds is 10. The Morgan fingerprint density at radius 2 is 2.04 bits per heavy atom. The van der Waals surface area contributed by atoms with Gasteiger partial charge in [0.15, 0.2) is 5.82 Å². The average Bonchev–Trinajstić information content (AvgIpc) is 3.05. The summed E-state index contributed by atoms with van der Waals surface area (Å²) in [5.74, 6) is 2.36. The number of nitrogens with zero attached hydrogens (tertiary/aromatic N) is 3. The van der Waals surface area contributed by atoms with Crippen LogP contribution in [0, 0.1) is 0 Å². The Balaban J connectivity index is 1.91. The Morgan fingerprint density at radius 3 is 2.75 bits per heavy atom. The molecule has 1 aromatic heterocycles. The Kier molecular flexibility index (Phi) is 7.23. The SMILES string of the molecule is COCCN(C)Cc1nsc(NCc2ccc(OC)cc2OC)n1. The Hall–Kier alpha value is -1.90. The van der Waals surface area contributed by atoms with E-state index in [4.69, 9.17) is 14.2 Å². The molecule has 8 heteroatoms. The van der Waals surface area contributed by atoms with Gasteiger partial charge in [-0.1, -0.05) is 0 Å². The van der Waals surface area contributed by atoms with Crippen molar-refractivity contribution in [1.29, 1.82) is 0 Å². The Bertz CT molecular complexity index is 636. The number of ether oxygens (including phenoxy) is 3. The molecule has 132 valence electrons. The molecule has 0 amide bonds. The van der Waals surface area contributed by atoms with Gasteiger partial charge in [0, 0.05) is 43.4 Å². The smallest absolute Gasteiger partial charge is 0.202 e. The number of methoxy groups -OCH3 is 3. The molecule has 2 aromatic rings. The molecule has 1 N–H and O–H groups in total. The highest BCUT2D eigenvalue weighted by Crippen LogP contribution is 2.25. The lowest BCUT2D eigenvalue weighted by molar-refractivity contribution is 0.157. The molecule has 0 saturated heterocycles. The number of benzene rings is 1. The molecular weight excluding hydrogens is 328 g/mol. The summed E-state index contributed by atoms with van der Waals surface area (Å²) in [6, 6.07) is 5.76. The van der Waals surface area contributed by atoms with Crippen LogP contribution in [0.1, 0.15) is 11.4 Å². The third-order valence-electron chi connectivity index (χ3n) is 3.48. The van der Waals surface area contributed by atoms with Crippen LogP contribution in [0.3, 0.4) is 0 Å². The first-order valence-corrected chi connectivity index (χ1v) is 8.38. The van der Waals surface area contributed by atoms with Crippen LogP contribution >= 0.6 is 11.5 Å². The molecule has 24 heavy (non-hydrogen) atoms. The van der Waals surface area contributed by atoms with E-state index in [1.807, 2.05) is 25.2 Å². The molecule has 0 bridgehead atoms. The van der Waals surface area contributed by atoms with Crippen LogP contribution in [0.5, 0.6) is 11.5 Å². The summed E-state index contributed by atoms with van der Waals surface area (Å²) >= 11 is 1.36. The molecule has 1 heterocycles. The molecule has 0 atom stereocenters. The Labute approximate surface area is 146 Å². The van der Waals surface area contributed by atoms with E-state index in [0.29, 0.717) is 19.7 Å². The molecule has 0 unspecified atom stereocenters. The van der Waals surface area contributed by atoms with Crippen molar-refractivity contribution < 1.29 is 14.2 Å². The predicted molar refractivity (Wildman–Crippen MR) is 95.0 cm³/mol. The van der Waals surface area contributed by atoms with Crippen LogP contribution in [0.4, 0.5) is 5.13 Å². The third-order valence-corrected chi connectivity index (χ3v) is 4.19. The van der Waals surface area contributed by atoms with Gasteiger partial charge in [-0.2, -0.15) is 4.37 Å². The molecule has 0 fully saturated rings. The van der Waals surface area contributed by atoms with Crippen molar-refractivity contribution in [3.63, 3.8) is 0 Å². The zero-order valence-corrected chi connectivity index (χ0v) is 15.4.